The van der Waals surface area contributed by atoms with Crippen LogP contribution in [0.3, 0.4) is 0 Å². The summed E-state index contributed by atoms with van der Waals surface area (Å²) in [5.74, 6) is -0.275. The highest BCUT2D eigenvalue weighted by Gasteiger charge is 2.12. The van der Waals surface area contributed by atoms with Gasteiger partial charge >= 0.3 is 0 Å². The molecule has 3 nitrogen and oxygen atoms in total. The smallest absolute Gasteiger partial charge is 0.226 e. The summed E-state index contributed by atoms with van der Waals surface area (Å²) in [6, 6.07) is 0. The summed E-state index contributed by atoms with van der Waals surface area (Å²) in [5.41, 5.74) is 0. The first-order valence-electron chi connectivity index (χ1n) is 2.62. The Morgan fingerprint density at radius 1 is 1.12 bits per heavy atom. The van der Waals surface area contributed by atoms with Crippen molar-refractivity contribution in [1.29, 1.82) is 0 Å². The first-order chi connectivity index (χ1) is 3.79. The fraction of sp³-hybridized carbons (Fsp3) is 0.600. The molecular weight excluding hydrogens is 111 g/mol. The van der Waals surface area contributed by atoms with Crippen molar-refractivity contribution in [1.82, 2.24) is 5.32 Å². The lowest BCUT2D eigenvalue weighted by Gasteiger charge is -2.07. The highest BCUT2D eigenvalue weighted by molar-refractivity contribution is 5.97. The van der Waals surface area contributed by atoms with Gasteiger partial charge in [0.25, 0.3) is 0 Å². The van der Waals surface area contributed by atoms with Crippen molar-refractivity contribution in [2.75, 3.05) is 0 Å². The standard InChI is InChI=1S/C5H7NO2/c7-4-2-1-3-5(8)6-4/h1-3H2,(H,6,7,8)/i2+1,3+1,4+1,5+1,6+1. The van der Waals surface area contributed by atoms with Crippen molar-refractivity contribution >= 4 is 11.8 Å². The molecule has 1 rings (SSSR count). The van der Waals surface area contributed by atoms with Crippen LogP contribution in [0.1, 0.15) is 19.3 Å². The molecule has 0 aromatic rings. The SMILES string of the molecule is O=[13C]1[13CH2]C[13CH2][13C](=O)[15NH]1. The summed E-state index contributed by atoms with van der Waals surface area (Å²) in [7, 11) is 0. The summed E-state index contributed by atoms with van der Waals surface area (Å²) >= 11 is 0. The molecule has 3 heteroatoms. The average molecular weight is 118 g/mol. The van der Waals surface area contributed by atoms with Crippen LogP contribution < -0.4 is 5.32 Å². The van der Waals surface area contributed by atoms with E-state index in [0.29, 0.717) is 19.3 Å². The van der Waals surface area contributed by atoms with Gasteiger partial charge < -0.3 is 0 Å². The second-order valence-electron chi connectivity index (χ2n) is 1.82. The molecule has 0 spiro atoms. The van der Waals surface area contributed by atoms with Crippen molar-refractivity contribution in [2.45, 2.75) is 19.3 Å². The molecule has 1 fully saturated rings. The van der Waals surface area contributed by atoms with E-state index in [-0.39, 0.29) is 11.8 Å². The molecule has 1 aliphatic rings. The van der Waals surface area contributed by atoms with Crippen LogP contribution in [-0.2, 0) is 9.59 Å². The summed E-state index contributed by atoms with van der Waals surface area (Å²) in [4.78, 5) is 20.7. The number of amides is 2. The third-order valence-electron chi connectivity index (χ3n) is 1.09. The van der Waals surface area contributed by atoms with Gasteiger partial charge in [-0.05, 0) is 6.42 Å². The number of rotatable bonds is 0. The third kappa shape index (κ3) is 1.05. The number of piperidine rings is 1. The number of hydrogen-bond acceptors (Lipinski definition) is 2. The molecule has 1 heterocycles. The Bertz CT molecular complexity index is 116. The van der Waals surface area contributed by atoms with E-state index in [2.05, 4.69) is 5.32 Å². The first-order valence-corrected chi connectivity index (χ1v) is 2.62. The number of imide groups is 1. The van der Waals surface area contributed by atoms with Gasteiger partial charge in [0.2, 0.25) is 11.8 Å². The molecule has 0 atom stereocenters. The topological polar surface area (TPSA) is 46.2 Å². The van der Waals surface area contributed by atoms with Gasteiger partial charge in [-0.2, -0.15) is 0 Å². The third-order valence-corrected chi connectivity index (χ3v) is 1.09. The fourth-order valence-electron chi connectivity index (χ4n) is 0.690. The van der Waals surface area contributed by atoms with E-state index in [0.717, 1.165) is 0 Å². The molecule has 2 amide bonds. The maximum atomic E-state index is 10.3. The molecule has 1 aliphatic heterocycles. The van der Waals surface area contributed by atoms with Crippen molar-refractivity contribution in [3.63, 3.8) is 0 Å². The molecule has 8 heavy (non-hydrogen) atoms. The summed E-state index contributed by atoms with van der Waals surface area (Å²) in [6.45, 7) is 0. The van der Waals surface area contributed by atoms with Crippen LogP contribution in [0.15, 0.2) is 0 Å². The Kier molecular flexibility index (Phi) is 1.28. The molecule has 0 bridgehead atoms. The van der Waals surface area contributed by atoms with Gasteiger partial charge in [0.15, 0.2) is 0 Å². The number of hydrogen-bond donors (Lipinski definition) is 1. The lowest BCUT2D eigenvalue weighted by molar-refractivity contribution is -0.132. The average Bonchev–Trinajstić information content (AvgIpc) is 1.64. The predicted molar refractivity (Wildman–Crippen MR) is 27.0 cm³/mol. The fourth-order valence-corrected chi connectivity index (χ4v) is 0.690. The van der Waals surface area contributed by atoms with Crippen LogP contribution in [0.25, 0.3) is 0 Å². The predicted octanol–water partition coefficient (Wildman–Crippen LogP) is -0.187. The van der Waals surface area contributed by atoms with Crippen molar-refractivity contribution < 1.29 is 9.59 Å². The van der Waals surface area contributed by atoms with Crippen LogP contribution in [-0.4, -0.2) is 11.8 Å². The van der Waals surface area contributed by atoms with Gasteiger partial charge in [-0.15, -0.1) is 0 Å². The largest absolute Gasteiger partial charge is 0.296 e. The van der Waals surface area contributed by atoms with Crippen LogP contribution in [0.5, 0.6) is 0 Å². The van der Waals surface area contributed by atoms with Crippen LogP contribution in [0.4, 0.5) is 0 Å². The normalized spacial score (nSPS) is 20.5. The molecule has 44 valence electrons. The number of nitrogens with one attached hydrogen (secondary N) is 1. The second-order valence-corrected chi connectivity index (χ2v) is 1.82. The lowest BCUT2D eigenvalue weighted by atomic mass is 10.8. The van der Waals surface area contributed by atoms with E-state index in [1.807, 2.05) is 0 Å². The zero-order chi connectivity index (χ0) is 5.98. The zero-order valence-electron chi connectivity index (χ0n) is 4.44. The molecule has 0 aromatic carbocycles. The highest BCUT2D eigenvalue weighted by Crippen LogP contribution is 2.00. The highest BCUT2D eigenvalue weighted by atomic mass is 16.3. The monoisotopic (exact) mass is 118 g/mol. The molecule has 1 saturated heterocycles. The van der Waals surface area contributed by atoms with E-state index in [9.17, 15) is 9.59 Å². The van der Waals surface area contributed by atoms with Crippen molar-refractivity contribution in [2.24, 2.45) is 0 Å². The lowest BCUT2D eigenvalue weighted by Crippen LogP contribution is -2.33. The Morgan fingerprint density at radius 2 is 1.62 bits per heavy atom. The molecule has 0 aromatic heterocycles. The Hall–Kier alpha value is -0.860. The molecule has 0 saturated carbocycles. The van der Waals surface area contributed by atoms with Crippen LogP contribution in [0, 0.1) is 0 Å². The minimum Gasteiger partial charge on any atom is -0.296 e. The molecule has 0 unspecified atom stereocenters. The van der Waals surface area contributed by atoms with Gasteiger partial charge in [0.1, 0.15) is 0 Å². The number of carbonyl (C=O) groups excluding carboxylic acids is 2. The summed E-state index contributed by atoms with van der Waals surface area (Å²) in [6.07, 6.45) is 1.72. The number of carbonyl (C=O) groups is 2. The van der Waals surface area contributed by atoms with Crippen molar-refractivity contribution in [3.8, 4) is 0 Å². The van der Waals surface area contributed by atoms with E-state index in [1.165, 1.54) is 0 Å². The summed E-state index contributed by atoms with van der Waals surface area (Å²) < 4.78 is 0. The van der Waals surface area contributed by atoms with Gasteiger partial charge in [-0.1, -0.05) is 0 Å². The van der Waals surface area contributed by atoms with Gasteiger partial charge in [0, 0.05) is 12.8 Å². The van der Waals surface area contributed by atoms with Crippen LogP contribution >= 0.6 is 0 Å². The Labute approximate surface area is 47.1 Å². The maximum Gasteiger partial charge on any atom is 0.226 e. The zero-order valence-corrected chi connectivity index (χ0v) is 4.44. The van der Waals surface area contributed by atoms with E-state index in [1.54, 1.807) is 0 Å². The van der Waals surface area contributed by atoms with Gasteiger partial charge in [0.05, 0.1) is 0 Å². The molecule has 1 N–H and O–H groups in total. The van der Waals surface area contributed by atoms with E-state index in [4.69, 9.17) is 0 Å². The Balaban J connectivity index is 2.45. The summed E-state index contributed by atoms with van der Waals surface area (Å²) in [5, 5.41) is 2.20. The molecular formula is C5H7NO2. The van der Waals surface area contributed by atoms with Gasteiger partial charge in [-0.25, -0.2) is 0 Å². The Morgan fingerprint density at radius 3 is 1.88 bits per heavy atom. The first kappa shape index (κ1) is 5.28. The maximum absolute atomic E-state index is 10.3. The quantitative estimate of drug-likeness (QED) is 0.272. The van der Waals surface area contributed by atoms with Crippen molar-refractivity contribution in [3.05, 3.63) is 0 Å². The molecule has 0 aliphatic carbocycles. The van der Waals surface area contributed by atoms with E-state index < -0.39 is 0 Å². The van der Waals surface area contributed by atoms with Crippen LogP contribution in [0.2, 0.25) is 0 Å². The second kappa shape index (κ2) is 1.94. The minimum atomic E-state index is -0.138. The van der Waals surface area contributed by atoms with E-state index >= 15 is 0 Å². The minimum absolute atomic E-state index is 0.138. The molecule has 0 radical (unpaired) electrons. The van der Waals surface area contributed by atoms with Gasteiger partial charge in [-0.3, -0.25) is 14.9 Å².